The van der Waals surface area contributed by atoms with Gasteiger partial charge in [-0.2, -0.15) is 4.98 Å². The Hall–Kier alpha value is -5.42. The summed E-state index contributed by atoms with van der Waals surface area (Å²) in [6.45, 7) is 6.13. The summed E-state index contributed by atoms with van der Waals surface area (Å²) in [5.74, 6) is -2.07. The number of ether oxygens (including phenoxy) is 1. The van der Waals surface area contributed by atoms with E-state index in [-0.39, 0.29) is 54.3 Å². The molecule has 2 atom stereocenters. The predicted octanol–water partition coefficient (Wildman–Crippen LogP) is 5.53. The van der Waals surface area contributed by atoms with Crippen molar-refractivity contribution in [3.05, 3.63) is 59.3 Å². The zero-order valence-corrected chi connectivity index (χ0v) is 37.3. The third-order valence-corrected chi connectivity index (χ3v) is 15.1. The first-order valence-corrected chi connectivity index (χ1v) is 23.5. The van der Waals surface area contributed by atoms with Gasteiger partial charge in [-0.05, 0) is 131 Å². The number of hydrogen-bond acceptors (Lipinski definition) is 13. The number of halogens is 2. The van der Waals surface area contributed by atoms with Gasteiger partial charge in [-0.1, -0.05) is 25.8 Å². The number of nitrogens with one attached hydrogen (secondary N) is 3. The lowest BCUT2D eigenvalue weighted by Gasteiger charge is -2.58. The molecule has 0 radical (unpaired) electrons. The van der Waals surface area contributed by atoms with Gasteiger partial charge in [-0.3, -0.25) is 24.7 Å². The number of benzene rings is 2. The number of methoxy groups -OCH3 is 1. The quantitative estimate of drug-likeness (QED) is 0.0957. The van der Waals surface area contributed by atoms with Crippen molar-refractivity contribution in [3.8, 4) is 5.75 Å². The SMILES string of the molecule is CC[C@@H]1C(=O)Nc2cnc(Nc3ccc(C([O-])=NC4(CCO)CC5(CCN(CC6CCN(c7cc(F)c(C8CCC(=O)NC8=O)c(F)c7)CC6)CC5)C4)cc3OC)nc2N1C1CCCC1. The van der Waals surface area contributed by atoms with Gasteiger partial charge < -0.3 is 40.3 Å². The lowest BCUT2D eigenvalue weighted by Crippen LogP contribution is -2.56. The number of aliphatic hydroxyl groups excluding tert-OH is 1. The zero-order valence-electron chi connectivity index (χ0n) is 37.3. The van der Waals surface area contributed by atoms with Crippen molar-refractivity contribution < 1.29 is 38.1 Å². The summed E-state index contributed by atoms with van der Waals surface area (Å²) in [6.07, 6.45) is 12.4. The van der Waals surface area contributed by atoms with Gasteiger partial charge in [0.2, 0.25) is 23.7 Å². The second-order valence-electron chi connectivity index (χ2n) is 19.3. The third kappa shape index (κ3) is 9.10. The molecule has 1 aromatic heterocycles. The van der Waals surface area contributed by atoms with Crippen LogP contribution in [0.25, 0.3) is 0 Å². The van der Waals surface area contributed by atoms with Crippen LogP contribution in [0.3, 0.4) is 0 Å². The number of aliphatic hydroxyl groups is 1. The fraction of sp³-hybridized carbons (Fsp3) is 0.583. The predicted molar refractivity (Wildman–Crippen MR) is 240 cm³/mol. The zero-order chi connectivity index (χ0) is 45.5. The van der Waals surface area contributed by atoms with Crippen LogP contribution in [0.2, 0.25) is 0 Å². The van der Waals surface area contributed by atoms with Crippen molar-refractivity contribution in [3.63, 3.8) is 0 Å². The van der Waals surface area contributed by atoms with Gasteiger partial charge in [-0.25, -0.2) is 13.8 Å². The Balaban J connectivity index is 0.787. The summed E-state index contributed by atoms with van der Waals surface area (Å²) in [5, 5.41) is 32.4. The molecule has 9 rings (SSSR count). The molecule has 1 spiro atoms. The van der Waals surface area contributed by atoms with Gasteiger partial charge in [0.15, 0.2) is 5.82 Å². The minimum absolute atomic E-state index is 0.0363. The first kappa shape index (κ1) is 44.8. The molecule has 348 valence electrons. The Kier molecular flexibility index (Phi) is 12.7. The molecule has 1 unspecified atom stereocenters. The molecule has 17 heteroatoms. The number of likely N-dealkylation sites (tertiary alicyclic amines) is 1. The molecule has 3 saturated heterocycles. The number of amides is 3. The molecule has 2 aromatic carbocycles. The van der Waals surface area contributed by atoms with Crippen LogP contribution in [-0.4, -0.2) is 108 Å². The van der Waals surface area contributed by atoms with E-state index in [0.717, 1.165) is 83.8 Å². The molecule has 4 aliphatic heterocycles. The highest BCUT2D eigenvalue weighted by molar-refractivity contribution is 6.03. The van der Waals surface area contributed by atoms with Crippen LogP contribution >= 0.6 is 0 Å². The maximum Gasteiger partial charge on any atom is 0.247 e. The maximum atomic E-state index is 15.2. The van der Waals surface area contributed by atoms with Gasteiger partial charge in [0, 0.05) is 50.0 Å². The number of hydrogen-bond donors (Lipinski definition) is 4. The molecule has 3 amide bonds. The number of aliphatic imine (C=N–C) groups is 1. The Morgan fingerprint density at radius 1 is 0.985 bits per heavy atom. The molecule has 0 bridgehead atoms. The Morgan fingerprint density at radius 2 is 1.71 bits per heavy atom. The van der Waals surface area contributed by atoms with Gasteiger partial charge in [-0.15, -0.1) is 0 Å². The first-order valence-electron chi connectivity index (χ1n) is 23.5. The number of nitrogens with zero attached hydrogens (tertiary/aromatic N) is 6. The van der Waals surface area contributed by atoms with Crippen molar-refractivity contribution in [1.29, 1.82) is 0 Å². The number of imide groups is 1. The molecule has 6 aliphatic rings. The molecule has 2 aliphatic carbocycles. The van der Waals surface area contributed by atoms with E-state index in [1.807, 2.05) is 11.8 Å². The first-order chi connectivity index (χ1) is 31.4. The van der Waals surface area contributed by atoms with Crippen molar-refractivity contribution in [2.45, 2.75) is 120 Å². The molecule has 3 aromatic rings. The average molecular weight is 897 g/mol. The molecule has 4 N–H and O–H groups in total. The van der Waals surface area contributed by atoms with Gasteiger partial charge in [0.05, 0.1) is 30.5 Å². The molecule has 5 fully saturated rings. The highest BCUT2D eigenvalue weighted by atomic mass is 19.1. The number of aromatic nitrogens is 2. The van der Waals surface area contributed by atoms with Crippen molar-refractivity contribution in [1.82, 2.24) is 20.2 Å². The summed E-state index contributed by atoms with van der Waals surface area (Å²) in [5.41, 5.74) is 1.20. The summed E-state index contributed by atoms with van der Waals surface area (Å²) in [4.78, 5) is 57.7. The summed E-state index contributed by atoms with van der Waals surface area (Å²) in [7, 11) is 1.54. The maximum absolute atomic E-state index is 15.2. The summed E-state index contributed by atoms with van der Waals surface area (Å²) >= 11 is 0. The summed E-state index contributed by atoms with van der Waals surface area (Å²) < 4.78 is 36.2. The van der Waals surface area contributed by atoms with E-state index in [1.54, 1.807) is 31.5 Å². The molecule has 2 saturated carbocycles. The number of carbonyl (C=O) groups is 3. The van der Waals surface area contributed by atoms with Crippen LogP contribution in [0.4, 0.5) is 37.6 Å². The number of carbonyl (C=O) groups excluding carboxylic acids is 3. The number of fused-ring (bicyclic) bond motifs is 1. The largest absolute Gasteiger partial charge is 0.858 e. The fourth-order valence-electron chi connectivity index (χ4n) is 11.7. The smallest absolute Gasteiger partial charge is 0.247 e. The lowest BCUT2D eigenvalue weighted by atomic mass is 9.53. The van der Waals surface area contributed by atoms with Gasteiger partial charge in [0.1, 0.15) is 29.1 Å². The van der Waals surface area contributed by atoms with Crippen LogP contribution in [0, 0.1) is 23.0 Å². The minimum Gasteiger partial charge on any atom is -0.858 e. The highest BCUT2D eigenvalue weighted by Gasteiger charge is 2.54. The minimum atomic E-state index is -1.02. The van der Waals surface area contributed by atoms with Crippen LogP contribution in [0.15, 0.2) is 41.5 Å². The third-order valence-electron chi connectivity index (χ3n) is 15.1. The molecule has 15 nitrogen and oxygen atoms in total. The van der Waals surface area contributed by atoms with E-state index in [4.69, 9.17) is 14.7 Å². The van der Waals surface area contributed by atoms with Gasteiger partial charge in [0.25, 0.3) is 0 Å². The Labute approximate surface area is 378 Å². The number of rotatable bonds is 13. The summed E-state index contributed by atoms with van der Waals surface area (Å²) in [6, 6.07) is 7.72. The van der Waals surface area contributed by atoms with E-state index in [2.05, 4.69) is 30.7 Å². The van der Waals surface area contributed by atoms with E-state index in [9.17, 15) is 24.6 Å². The van der Waals surface area contributed by atoms with Crippen molar-refractivity contribution in [2.75, 3.05) is 66.9 Å². The monoisotopic (exact) mass is 896 g/mol. The van der Waals surface area contributed by atoms with E-state index in [0.29, 0.717) is 72.0 Å². The Bertz CT molecular complexity index is 2290. The van der Waals surface area contributed by atoms with Crippen LogP contribution in [-0.2, 0) is 14.4 Å². The van der Waals surface area contributed by atoms with E-state index >= 15 is 8.78 Å². The lowest BCUT2D eigenvalue weighted by molar-refractivity contribution is -0.215. The Morgan fingerprint density at radius 3 is 2.37 bits per heavy atom. The molecular weight excluding hydrogens is 837 g/mol. The molecule has 65 heavy (non-hydrogen) atoms. The average Bonchev–Trinajstić information content (AvgIpc) is 3.82. The van der Waals surface area contributed by atoms with Crippen LogP contribution in [0.5, 0.6) is 5.75 Å². The molecule has 5 heterocycles. The fourth-order valence-corrected chi connectivity index (χ4v) is 11.7. The van der Waals surface area contributed by atoms with Crippen LogP contribution in [0.1, 0.15) is 114 Å². The van der Waals surface area contributed by atoms with Crippen molar-refractivity contribution in [2.24, 2.45) is 16.3 Å². The normalized spacial score (nSPS) is 23.8. The number of anilines is 5. The second kappa shape index (κ2) is 18.5. The van der Waals surface area contributed by atoms with Gasteiger partial charge >= 0.3 is 0 Å². The van der Waals surface area contributed by atoms with E-state index < -0.39 is 34.9 Å². The van der Waals surface area contributed by atoms with Crippen molar-refractivity contribution >= 4 is 52.4 Å². The van der Waals surface area contributed by atoms with E-state index in [1.165, 1.54) is 12.1 Å². The van der Waals surface area contributed by atoms with Crippen LogP contribution < -0.4 is 35.6 Å². The topological polar surface area (TPSA) is 188 Å². The highest BCUT2D eigenvalue weighted by Crippen LogP contribution is 2.58. The second-order valence-corrected chi connectivity index (χ2v) is 19.3. The molecular formula is C48H60F2N9O6-. The standard InChI is InChI=1S/C48H61F2N9O6/c1-3-38-45(64)52-37-25-51-46(55-42(37)59(38)31-6-4-5-7-31)53-36-10-8-30(22-39(36)65-2)43(62)56-48(16-21-60)27-47(28-48)14-19-57(20-15-47)26-29-12-17-58(18-13-29)32-23-34(49)41(35(50)24-32)33-9-11-40(61)54-44(33)63/h8,10,22-25,29,31,33,38,60H,3-7,9,11-21,26-28H2,1-2H3,(H,52,64)(H,56,62)(H,51,53,55)(H,54,61,63)/p-1/t33?,38-/m1/s1. The number of piperidine rings is 3.